The molecule has 0 fully saturated rings. The molecule has 1 atom stereocenters. The number of nitrogens with zero attached hydrogens (tertiary/aromatic N) is 2. The van der Waals surface area contributed by atoms with Crippen LogP contribution in [-0.4, -0.2) is 18.6 Å². The van der Waals surface area contributed by atoms with Gasteiger partial charge in [-0.3, -0.25) is 0 Å². The maximum Gasteiger partial charge on any atom is 0.186 e. The standard InChI is InChI=1S/C17H23N3S/c1-3-20(12-13-8-5-4-6-9-13)17-19-16-14(18-2)10-7-11-15(16)21-17/h4-6,8-9,14,18H,3,7,10-12H2,1-2H3. The van der Waals surface area contributed by atoms with E-state index in [9.17, 15) is 0 Å². The molecule has 1 heterocycles. The summed E-state index contributed by atoms with van der Waals surface area (Å²) in [5.74, 6) is 0. The number of nitrogens with one attached hydrogen (secondary N) is 1. The van der Waals surface area contributed by atoms with E-state index in [1.807, 2.05) is 18.4 Å². The van der Waals surface area contributed by atoms with Gasteiger partial charge in [-0.05, 0) is 38.8 Å². The second-order valence-corrected chi connectivity index (χ2v) is 6.60. The minimum atomic E-state index is 0.439. The Bertz CT molecular complexity index is 579. The Balaban J connectivity index is 1.83. The molecule has 0 amide bonds. The van der Waals surface area contributed by atoms with Crippen LogP contribution in [0.25, 0.3) is 0 Å². The highest BCUT2D eigenvalue weighted by Crippen LogP contribution is 2.36. The van der Waals surface area contributed by atoms with Crippen LogP contribution in [-0.2, 0) is 13.0 Å². The second kappa shape index (κ2) is 6.58. The third-order valence-corrected chi connectivity index (χ3v) is 5.35. The summed E-state index contributed by atoms with van der Waals surface area (Å²) in [7, 11) is 2.04. The summed E-state index contributed by atoms with van der Waals surface area (Å²) in [5, 5.41) is 4.58. The zero-order valence-corrected chi connectivity index (χ0v) is 13.6. The molecule has 0 saturated heterocycles. The van der Waals surface area contributed by atoms with Gasteiger partial charge in [0.1, 0.15) is 0 Å². The van der Waals surface area contributed by atoms with Crippen molar-refractivity contribution in [3.05, 3.63) is 46.5 Å². The van der Waals surface area contributed by atoms with Crippen molar-refractivity contribution < 1.29 is 0 Å². The first-order chi connectivity index (χ1) is 10.3. The molecule has 4 heteroatoms. The van der Waals surface area contributed by atoms with Crippen LogP contribution in [0.2, 0.25) is 0 Å². The van der Waals surface area contributed by atoms with Crippen molar-refractivity contribution in [1.29, 1.82) is 0 Å². The minimum Gasteiger partial charge on any atom is -0.344 e. The van der Waals surface area contributed by atoms with E-state index in [2.05, 4.69) is 47.5 Å². The van der Waals surface area contributed by atoms with E-state index < -0.39 is 0 Å². The number of anilines is 1. The maximum absolute atomic E-state index is 4.95. The molecule has 3 rings (SSSR count). The average Bonchev–Trinajstić information content (AvgIpc) is 2.97. The monoisotopic (exact) mass is 301 g/mol. The summed E-state index contributed by atoms with van der Waals surface area (Å²) in [4.78, 5) is 8.81. The van der Waals surface area contributed by atoms with Crippen molar-refractivity contribution in [2.75, 3.05) is 18.5 Å². The van der Waals surface area contributed by atoms with E-state index in [1.165, 1.54) is 40.5 Å². The fourth-order valence-electron chi connectivity index (χ4n) is 2.94. The molecule has 1 N–H and O–H groups in total. The molecule has 1 aromatic heterocycles. The van der Waals surface area contributed by atoms with Crippen molar-refractivity contribution in [2.24, 2.45) is 0 Å². The molecule has 3 nitrogen and oxygen atoms in total. The lowest BCUT2D eigenvalue weighted by Crippen LogP contribution is -2.23. The first-order valence-corrected chi connectivity index (χ1v) is 8.59. The normalized spacial score (nSPS) is 17.5. The van der Waals surface area contributed by atoms with Gasteiger partial charge in [0.2, 0.25) is 0 Å². The average molecular weight is 301 g/mol. The number of rotatable bonds is 5. The summed E-state index contributed by atoms with van der Waals surface area (Å²) in [6.45, 7) is 4.14. The fraction of sp³-hybridized carbons (Fsp3) is 0.471. The summed E-state index contributed by atoms with van der Waals surface area (Å²) in [6, 6.07) is 11.1. The quantitative estimate of drug-likeness (QED) is 0.911. The Morgan fingerprint density at radius 2 is 2.14 bits per heavy atom. The molecule has 1 aromatic carbocycles. The van der Waals surface area contributed by atoms with E-state index in [0.717, 1.165) is 13.1 Å². The van der Waals surface area contributed by atoms with Gasteiger partial charge in [0.25, 0.3) is 0 Å². The first kappa shape index (κ1) is 14.5. The number of aryl methyl sites for hydroxylation is 1. The van der Waals surface area contributed by atoms with Crippen LogP contribution in [0.4, 0.5) is 5.13 Å². The summed E-state index contributed by atoms with van der Waals surface area (Å²) in [6.07, 6.45) is 3.66. The molecule has 0 bridgehead atoms. The van der Waals surface area contributed by atoms with E-state index >= 15 is 0 Å². The topological polar surface area (TPSA) is 28.2 Å². The molecule has 1 unspecified atom stereocenters. The molecule has 1 aliphatic carbocycles. The number of benzene rings is 1. The SMILES string of the molecule is CCN(Cc1ccccc1)c1nc2c(s1)CCCC2NC. The Morgan fingerprint density at radius 1 is 1.33 bits per heavy atom. The highest BCUT2D eigenvalue weighted by molar-refractivity contribution is 7.15. The van der Waals surface area contributed by atoms with Crippen LogP contribution < -0.4 is 10.2 Å². The van der Waals surface area contributed by atoms with E-state index in [-0.39, 0.29) is 0 Å². The highest BCUT2D eigenvalue weighted by Gasteiger charge is 2.24. The summed E-state index contributed by atoms with van der Waals surface area (Å²) in [5.41, 5.74) is 2.63. The van der Waals surface area contributed by atoms with Crippen LogP contribution >= 0.6 is 11.3 Å². The third kappa shape index (κ3) is 3.11. The molecule has 2 aromatic rings. The number of hydrogen-bond acceptors (Lipinski definition) is 4. The summed E-state index contributed by atoms with van der Waals surface area (Å²) >= 11 is 1.88. The first-order valence-electron chi connectivity index (χ1n) is 7.77. The molecule has 112 valence electrons. The van der Waals surface area contributed by atoms with Crippen LogP contribution in [0.15, 0.2) is 30.3 Å². The molecular weight excluding hydrogens is 278 g/mol. The van der Waals surface area contributed by atoms with Gasteiger partial charge >= 0.3 is 0 Å². The van der Waals surface area contributed by atoms with Gasteiger partial charge in [-0.15, -0.1) is 11.3 Å². The molecule has 0 saturated carbocycles. The Labute approximate surface area is 131 Å². The molecule has 1 aliphatic rings. The zero-order valence-electron chi connectivity index (χ0n) is 12.8. The molecule has 0 radical (unpaired) electrons. The van der Waals surface area contributed by atoms with Crippen LogP contribution in [0.1, 0.15) is 41.9 Å². The predicted molar refractivity (Wildman–Crippen MR) is 90.0 cm³/mol. The van der Waals surface area contributed by atoms with Gasteiger partial charge in [0, 0.05) is 18.0 Å². The van der Waals surface area contributed by atoms with Gasteiger partial charge in [0.15, 0.2) is 5.13 Å². The van der Waals surface area contributed by atoms with Crippen molar-refractivity contribution in [1.82, 2.24) is 10.3 Å². The van der Waals surface area contributed by atoms with Gasteiger partial charge < -0.3 is 10.2 Å². The molecule has 0 spiro atoms. The zero-order chi connectivity index (χ0) is 14.7. The highest BCUT2D eigenvalue weighted by atomic mass is 32.1. The molecule has 0 aliphatic heterocycles. The van der Waals surface area contributed by atoms with Crippen LogP contribution in [0, 0.1) is 0 Å². The minimum absolute atomic E-state index is 0.439. The smallest absolute Gasteiger partial charge is 0.186 e. The fourth-order valence-corrected chi connectivity index (χ4v) is 4.17. The molecular formula is C17H23N3S. The van der Waals surface area contributed by atoms with Crippen molar-refractivity contribution >= 4 is 16.5 Å². The van der Waals surface area contributed by atoms with Gasteiger partial charge in [-0.25, -0.2) is 4.98 Å². The van der Waals surface area contributed by atoms with E-state index in [1.54, 1.807) is 0 Å². The Hall–Kier alpha value is -1.39. The lowest BCUT2D eigenvalue weighted by atomic mass is 9.98. The van der Waals surface area contributed by atoms with E-state index in [4.69, 9.17) is 4.98 Å². The Morgan fingerprint density at radius 3 is 2.86 bits per heavy atom. The third-order valence-electron chi connectivity index (χ3n) is 4.16. The largest absolute Gasteiger partial charge is 0.344 e. The number of hydrogen-bond donors (Lipinski definition) is 1. The van der Waals surface area contributed by atoms with Crippen molar-refractivity contribution in [3.63, 3.8) is 0 Å². The predicted octanol–water partition coefficient (Wildman–Crippen LogP) is 3.77. The molecule has 21 heavy (non-hydrogen) atoms. The number of fused-ring (bicyclic) bond motifs is 1. The number of thiazole rings is 1. The second-order valence-electron chi connectivity index (χ2n) is 5.54. The van der Waals surface area contributed by atoms with Gasteiger partial charge in [-0.1, -0.05) is 30.3 Å². The lowest BCUT2D eigenvalue weighted by molar-refractivity contribution is 0.489. The number of aromatic nitrogens is 1. The Kier molecular flexibility index (Phi) is 4.56. The van der Waals surface area contributed by atoms with Crippen LogP contribution in [0.5, 0.6) is 0 Å². The van der Waals surface area contributed by atoms with Gasteiger partial charge in [0.05, 0.1) is 11.7 Å². The van der Waals surface area contributed by atoms with E-state index in [0.29, 0.717) is 6.04 Å². The summed E-state index contributed by atoms with van der Waals surface area (Å²) < 4.78 is 0. The van der Waals surface area contributed by atoms with Crippen molar-refractivity contribution in [3.8, 4) is 0 Å². The lowest BCUT2D eigenvalue weighted by Gasteiger charge is -2.20. The van der Waals surface area contributed by atoms with Gasteiger partial charge in [-0.2, -0.15) is 0 Å². The van der Waals surface area contributed by atoms with Crippen LogP contribution in [0.3, 0.4) is 0 Å². The maximum atomic E-state index is 4.95. The van der Waals surface area contributed by atoms with Crippen molar-refractivity contribution in [2.45, 2.75) is 38.8 Å².